The normalized spacial score (nSPS) is 11.1. The first kappa shape index (κ1) is 14.0. The van der Waals surface area contributed by atoms with Gasteiger partial charge < -0.3 is 15.4 Å². The van der Waals surface area contributed by atoms with Gasteiger partial charge >= 0.3 is 0 Å². The van der Waals surface area contributed by atoms with Crippen LogP contribution in [0.4, 0.5) is 0 Å². The van der Waals surface area contributed by atoms with Crippen molar-refractivity contribution in [3.8, 4) is 0 Å². The highest BCUT2D eigenvalue weighted by Gasteiger charge is 2.15. The number of hydrogen-bond donors (Lipinski definition) is 2. The van der Waals surface area contributed by atoms with E-state index in [0.29, 0.717) is 11.7 Å². The maximum atomic E-state index is 5.10. The van der Waals surface area contributed by atoms with Crippen LogP contribution < -0.4 is 10.6 Å². The zero-order valence-corrected chi connectivity index (χ0v) is 11.0. The highest BCUT2D eigenvalue weighted by Crippen LogP contribution is 2.19. The Bertz CT molecular complexity index is 174. The van der Waals surface area contributed by atoms with Crippen LogP contribution in [0.3, 0.4) is 0 Å². The summed E-state index contributed by atoms with van der Waals surface area (Å²) in [5, 5.41) is 6.94. The first-order valence-electron chi connectivity index (χ1n) is 4.57. The van der Waals surface area contributed by atoms with Crippen molar-refractivity contribution in [1.82, 2.24) is 10.6 Å². The summed E-state index contributed by atoms with van der Waals surface area (Å²) in [6.45, 7) is 6.66. The molecule has 0 saturated heterocycles. The van der Waals surface area contributed by atoms with Crippen LogP contribution in [0.5, 0.6) is 0 Å². The van der Waals surface area contributed by atoms with Gasteiger partial charge in [0.05, 0.1) is 6.61 Å². The average Bonchev–Trinajstić information content (AvgIpc) is 2.16. The molecule has 0 aliphatic carbocycles. The molecule has 3 nitrogen and oxygen atoms in total. The van der Waals surface area contributed by atoms with Gasteiger partial charge in [-0.1, -0.05) is 0 Å². The van der Waals surface area contributed by atoms with Gasteiger partial charge in [0.1, 0.15) is 0 Å². The van der Waals surface area contributed by atoms with Crippen LogP contribution in [0.15, 0.2) is 0 Å². The van der Waals surface area contributed by atoms with E-state index in [0.717, 1.165) is 13.1 Å². The lowest BCUT2D eigenvalue weighted by molar-refractivity contribution is 0.204. The second kappa shape index (κ2) is 7.31. The number of ether oxygens (including phenoxy) is 1. The van der Waals surface area contributed by atoms with E-state index >= 15 is 0 Å². The van der Waals surface area contributed by atoms with Gasteiger partial charge in [0.2, 0.25) is 0 Å². The van der Waals surface area contributed by atoms with Crippen LogP contribution in [0, 0.1) is 0 Å². The smallest absolute Gasteiger partial charge is 0.166 e. The molecule has 0 unspecified atom stereocenters. The summed E-state index contributed by atoms with van der Waals surface area (Å²) < 4.78 is 5.12. The maximum Gasteiger partial charge on any atom is 0.166 e. The number of methoxy groups -OCH3 is 1. The number of nitrogens with one attached hydrogen (secondary N) is 2. The summed E-state index contributed by atoms with van der Waals surface area (Å²) in [4.78, 5) is 0. The van der Waals surface area contributed by atoms with Gasteiger partial charge in [-0.25, -0.2) is 0 Å². The Balaban J connectivity index is 3.53. The summed E-state index contributed by atoms with van der Waals surface area (Å²) in [6.07, 6.45) is 2.10. The van der Waals surface area contributed by atoms with Crippen LogP contribution in [0.25, 0.3) is 0 Å². The number of thiocarbonyl (C=S) groups is 1. The SMILES string of the molecule is COCCNC(=S)NCC(C)(C)SC. The van der Waals surface area contributed by atoms with Gasteiger partial charge in [-0.15, -0.1) is 0 Å². The molecule has 0 radical (unpaired) electrons. The van der Waals surface area contributed by atoms with Gasteiger partial charge in [-0.3, -0.25) is 0 Å². The van der Waals surface area contributed by atoms with E-state index < -0.39 is 0 Å². The Hall–Kier alpha value is 0. The zero-order valence-electron chi connectivity index (χ0n) is 9.35. The molecule has 0 spiro atoms. The quantitative estimate of drug-likeness (QED) is 0.536. The molecule has 0 heterocycles. The van der Waals surface area contributed by atoms with Gasteiger partial charge in [0, 0.05) is 24.9 Å². The van der Waals surface area contributed by atoms with Crippen LogP contribution in [0.1, 0.15) is 13.8 Å². The molecule has 14 heavy (non-hydrogen) atoms. The predicted molar refractivity (Wildman–Crippen MR) is 68.1 cm³/mol. The number of hydrogen-bond acceptors (Lipinski definition) is 3. The first-order chi connectivity index (χ1) is 6.52. The third kappa shape index (κ3) is 7.41. The fourth-order valence-corrected chi connectivity index (χ4v) is 1.09. The van der Waals surface area contributed by atoms with Crippen LogP contribution in [-0.4, -0.2) is 42.9 Å². The minimum absolute atomic E-state index is 0.215. The lowest BCUT2D eigenvalue weighted by Crippen LogP contribution is -2.42. The van der Waals surface area contributed by atoms with Gasteiger partial charge in [0.15, 0.2) is 5.11 Å². The lowest BCUT2D eigenvalue weighted by Gasteiger charge is -2.23. The van der Waals surface area contributed by atoms with Gasteiger partial charge in [-0.2, -0.15) is 11.8 Å². The fraction of sp³-hybridized carbons (Fsp3) is 0.889. The van der Waals surface area contributed by atoms with E-state index in [1.807, 2.05) is 11.8 Å². The van der Waals surface area contributed by atoms with Crippen LogP contribution >= 0.6 is 24.0 Å². The number of thioether (sulfide) groups is 1. The molecule has 0 aliphatic heterocycles. The summed E-state index contributed by atoms with van der Waals surface area (Å²) in [5.41, 5.74) is 0. The van der Waals surface area contributed by atoms with Crippen molar-refractivity contribution in [2.45, 2.75) is 18.6 Å². The molecular weight excluding hydrogens is 216 g/mol. The molecule has 0 aromatic heterocycles. The maximum absolute atomic E-state index is 5.10. The molecule has 0 aliphatic rings. The highest BCUT2D eigenvalue weighted by atomic mass is 32.2. The summed E-state index contributed by atoms with van der Waals surface area (Å²) in [7, 11) is 1.68. The molecule has 0 fully saturated rings. The molecule has 0 rings (SSSR count). The van der Waals surface area contributed by atoms with Crippen molar-refractivity contribution in [3.05, 3.63) is 0 Å². The van der Waals surface area contributed by atoms with Crippen molar-refractivity contribution < 1.29 is 4.74 Å². The minimum Gasteiger partial charge on any atom is -0.383 e. The van der Waals surface area contributed by atoms with Crippen molar-refractivity contribution in [1.29, 1.82) is 0 Å². The predicted octanol–water partition coefficient (Wildman–Crippen LogP) is 1.24. The van der Waals surface area contributed by atoms with Crippen molar-refractivity contribution in [2.75, 3.05) is 33.1 Å². The van der Waals surface area contributed by atoms with Crippen molar-refractivity contribution >= 4 is 29.1 Å². The lowest BCUT2D eigenvalue weighted by atomic mass is 10.2. The summed E-state index contributed by atoms with van der Waals surface area (Å²) in [6, 6.07) is 0. The standard InChI is InChI=1S/C9H20N2OS2/c1-9(2,14-4)7-11-8(13)10-5-6-12-3/h5-7H2,1-4H3,(H2,10,11,13). The molecule has 2 N–H and O–H groups in total. The Morgan fingerprint density at radius 1 is 1.43 bits per heavy atom. The van der Waals surface area contributed by atoms with Crippen molar-refractivity contribution in [2.24, 2.45) is 0 Å². The monoisotopic (exact) mass is 236 g/mol. The molecule has 0 aromatic carbocycles. The molecule has 0 atom stereocenters. The summed E-state index contributed by atoms with van der Waals surface area (Å²) in [5.74, 6) is 0. The topological polar surface area (TPSA) is 33.3 Å². The van der Waals surface area contributed by atoms with Crippen molar-refractivity contribution in [3.63, 3.8) is 0 Å². The zero-order chi connectivity index (χ0) is 11.0. The highest BCUT2D eigenvalue weighted by molar-refractivity contribution is 7.99. The Labute approximate surface area is 96.4 Å². The largest absolute Gasteiger partial charge is 0.383 e. The van der Waals surface area contributed by atoms with E-state index in [2.05, 4.69) is 30.7 Å². The molecule has 0 amide bonds. The van der Waals surface area contributed by atoms with Gasteiger partial charge in [-0.05, 0) is 32.3 Å². The van der Waals surface area contributed by atoms with E-state index in [1.165, 1.54) is 0 Å². The second-order valence-electron chi connectivity index (χ2n) is 3.57. The molecule has 0 aromatic rings. The van der Waals surface area contributed by atoms with E-state index in [-0.39, 0.29) is 4.75 Å². The molecule has 84 valence electrons. The Kier molecular flexibility index (Phi) is 7.31. The van der Waals surface area contributed by atoms with E-state index in [4.69, 9.17) is 17.0 Å². The Morgan fingerprint density at radius 3 is 2.57 bits per heavy atom. The summed E-state index contributed by atoms with van der Waals surface area (Å²) >= 11 is 6.92. The average molecular weight is 236 g/mol. The van der Waals surface area contributed by atoms with E-state index in [9.17, 15) is 0 Å². The molecule has 0 bridgehead atoms. The Morgan fingerprint density at radius 2 is 2.07 bits per heavy atom. The van der Waals surface area contributed by atoms with Crippen LogP contribution in [0.2, 0.25) is 0 Å². The minimum atomic E-state index is 0.215. The first-order valence-corrected chi connectivity index (χ1v) is 6.21. The second-order valence-corrected chi connectivity index (χ2v) is 5.49. The van der Waals surface area contributed by atoms with Gasteiger partial charge in [0.25, 0.3) is 0 Å². The third-order valence-corrected chi connectivity index (χ3v) is 3.36. The molecule has 0 saturated carbocycles. The van der Waals surface area contributed by atoms with Crippen LogP contribution in [-0.2, 0) is 4.74 Å². The number of rotatable bonds is 6. The fourth-order valence-electron chi connectivity index (χ4n) is 0.694. The molecular formula is C9H20N2OS2. The molecule has 5 heteroatoms. The van der Waals surface area contributed by atoms with E-state index in [1.54, 1.807) is 7.11 Å². The third-order valence-electron chi connectivity index (χ3n) is 1.82.